The van der Waals surface area contributed by atoms with E-state index in [1.165, 1.54) is 23.4 Å². The van der Waals surface area contributed by atoms with Crippen molar-refractivity contribution in [2.24, 2.45) is 21.1 Å². The number of imidazole rings is 1. The van der Waals surface area contributed by atoms with Gasteiger partial charge in [0.1, 0.15) is 5.75 Å². The van der Waals surface area contributed by atoms with E-state index < -0.39 is 11.2 Å². The molecule has 0 aliphatic rings. The Kier molecular flexibility index (Phi) is 5.32. The predicted molar refractivity (Wildman–Crippen MR) is 108 cm³/mol. The lowest BCUT2D eigenvalue weighted by molar-refractivity contribution is -0.113. The van der Waals surface area contributed by atoms with Gasteiger partial charge < -0.3 is 14.6 Å². The molecule has 1 aromatic carbocycles. The van der Waals surface area contributed by atoms with E-state index in [-0.39, 0.29) is 17.2 Å². The van der Waals surface area contributed by atoms with Crippen LogP contribution >= 0.6 is 11.8 Å². The number of ether oxygens (including phenoxy) is 1. The zero-order valence-corrected chi connectivity index (χ0v) is 17.1. The normalized spacial score (nSPS) is 11.0. The molecule has 2 heterocycles. The van der Waals surface area contributed by atoms with Crippen molar-refractivity contribution in [3.05, 3.63) is 44.6 Å². The Hall–Kier alpha value is -3.01. The number of fused-ring (bicyclic) bond motifs is 1. The summed E-state index contributed by atoms with van der Waals surface area (Å²) in [7, 11) is 6.24. The zero-order valence-electron chi connectivity index (χ0n) is 16.3. The lowest BCUT2D eigenvalue weighted by Gasteiger charge is -2.11. The molecule has 0 unspecified atom stereocenters. The van der Waals surface area contributed by atoms with Gasteiger partial charge in [-0.25, -0.2) is 9.78 Å². The molecule has 1 N–H and O–H groups in total. The van der Waals surface area contributed by atoms with E-state index in [2.05, 4.69) is 10.3 Å². The number of aryl methyl sites for hydroxylation is 3. The Labute approximate surface area is 164 Å². The van der Waals surface area contributed by atoms with Crippen LogP contribution in [0.5, 0.6) is 5.75 Å². The van der Waals surface area contributed by atoms with Crippen molar-refractivity contribution in [3.8, 4) is 5.75 Å². The summed E-state index contributed by atoms with van der Waals surface area (Å²) in [6.45, 7) is 1.92. The topological polar surface area (TPSA) is 100 Å². The Morgan fingerprint density at radius 1 is 1.18 bits per heavy atom. The van der Waals surface area contributed by atoms with Crippen LogP contribution in [0.15, 0.2) is 32.9 Å². The van der Waals surface area contributed by atoms with Gasteiger partial charge >= 0.3 is 5.69 Å². The van der Waals surface area contributed by atoms with E-state index in [9.17, 15) is 14.4 Å². The maximum atomic E-state index is 12.4. The first-order valence-electron chi connectivity index (χ1n) is 8.44. The number of hydrogen-bond acceptors (Lipinski definition) is 6. The van der Waals surface area contributed by atoms with Crippen molar-refractivity contribution in [1.82, 2.24) is 18.7 Å². The van der Waals surface area contributed by atoms with E-state index in [4.69, 9.17) is 4.74 Å². The molecule has 1 amide bonds. The van der Waals surface area contributed by atoms with Crippen LogP contribution in [-0.4, -0.2) is 37.5 Å². The van der Waals surface area contributed by atoms with E-state index in [0.29, 0.717) is 22.2 Å². The number of amides is 1. The predicted octanol–water partition coefficient (Wildman–Crippen LogP) is 1.02. The minimum absolute atomic E-state index is 0.0858. The van der Waals surface area contributed by atoms with E-state index >= 15 is 0 Å². The summed E-state index contributed by atoms with van der Waals surface area (Å²) in [4.78, 5) is 41.2. The van der Waals surface area contributed by atoms with Crippen LogP contribution in [0.25, 0.3) is 11.2 Å². The average molecular weight is 403 g/mol. The molecular formula is C18H21N5O4S. The number of hydrogen-bond donors (Lipinski definition) is 1. The van der Waals surface area contributed by atoms with Gasteiger partial charge in [-0.05, 0) is 24.6 Å². The van der Waals surface area contributed by atoms with Crippen LogP contribution in [0.3, 0.4) is 0 Å². The second-order valence-electron chi connectivity index (χ2n) is 6.37. The second-order valence-corrected chi connectivity index (χ2v) is 7.31. The Morgan fingerprint density at radius 2 is 1.89 bits per heavy atom. The number of carbonyl (C=O) groups excluding carboxylic acids is 1. The van der Waals surface area contributed by atoms with Gasteiger partial charge in [-0.1, -0.05) is 17.8 Å². The van der Waals surface area contributed by atoms with Gasteiger partial charge in [-0.15, -0.1) is 0 Å². The maximum Gasteiger partial charge on any atom is 0.332 e. The molecule has 0 saturated heterocycles. The third-order valence-electron chi connectivity index (χ3n) is 4.38. The van der Waals surface area contributed by atoms with Gasteiger partial charge in [0.2, 0.25) is 5.91 Å². The van der Waals surface area contributed by atoms with Gasteiger partial charge in [0.25, 0.3) is 5.56 Å². The summed E-state index contributed by atoms with van der Waals surface area (Å²) in [5, 5.41) is 3.30. The zero-order chi connectivity index (χ0) is 20.6. The first kappa shape index (κ1) is 19.7. The lowest BCUT2D eigenvalue weighted by atomic mass is 10.2. The molecule has 0 spiro atoms. The number of aromatic nitrogens is 4. The molecule has 9 nitrogen and oxygen atoms in total. The minimum atomic E-state index is -0.463. The highest BCUT2D eigenvalue weighted by atomic mass is 32.2. The average Bonchev–Trinajstić information content (AvgIpc) is 3.00. The molecule has 10 heteroatoms. The molecule has 0 aliphatic heterocycles. The third-order valence-corrected chi connectivity index (χ3v) is 5.41. The smallest absolute Gasteiger partial charge is 0.332 e. The number of thioether (sulfide) groups is 1. The van der Waals surface area contributed by atoms with Gasteiger partial charge in [-0.3, -0.25) is 18.7 Å². The summed E-state index contributed by atoms with van der Waals surface area (Å²) >= 11 is 1.18. The first-order chi connectivity index (χ1) is 13.2. The summed E-state index contributed by atoms with van der Waals surface area (Å²) in [5.41, 5.74) is 1.30. The van der Waals surface area contributed by atoms with Gasteiger partial charge in [0.05, 0.1) is 18.6 Å². The van der Waals surface area contributed by atoms with Gasteiger partial charge in [-0.2, -0.15) is 0 Å². The Balaban J connectivity index is 1.84. The van der Waals surface area contributed by atoms with Crippen LogP contribution in [-0.2, 0) is 25.9 Å². The summed E-state index contributed by atoms with van der Waals surface area (Å²) in [6, 6.07) is 5.52. The molecular weight excluding hydrogens is 382 g/mol. The number of anilines is 1. The van der Waals surface area contributed by atoms with Crippen molar-refractivity contribution < 1.29 is 9.53 Å². The first-order valence-corrected chi connectivity index (χ1v) is 9.43. The minimum Gasteiger partial charge on any atom is -0.495 e. The molecule has 0 atom stereocenters. The number of carbonyl (C=O) groups is 1. The summed E-state index contributed by atoms with van der Waals surface area (Å²) < 4.78 is 9.29. The maximum absolute atomic E-state index is 12.4. The number of rotatable bonds is 5. The highest BCUT2D eigenvalue weighted by Gasteiger charge is 2.18. The molecule has 0 saturated carbocycles. The summed E-state index contributed by atoms with van der Waals surface area (Å²) in [5.74, 6) is 0.427. The molecule has 3 rings (SSSR count). The molecule has 0 bridgehead atoms. The van der Waals surface area contributed by atoms with E-state index in [0.717, 1.165) is 10.1 Å². The standard InChI is InChI=1S/C18H21N5O4S/c1-10-6-7-12(27-5)11(8-10)19-13(24)9-28-17-20-14-15(21(17)2)22(3)18(26)23(4)16(14)25/h6-8H,9H2,1-5H3,(H,19,24). The quantitative estimate of drug-likeness (QED) is 0.639. The molecule has 148 valence electrons. The van der Waals surface area contributed by atoms with Crippen LogP contribution in [0.2, 0.25) is 0 Å². The number of benzene rings is 1. The fraction of sp³-hybridized carbons (Fsp3) is 0.333. The molecule has 28 heavy (non-hydrogen) atoms. The highest BCUT2D eigenvalue weighted by molar-refractivity contribution is 7.99. The molecule has 0 aliphatic carbocycles. The Bertz CT molecular complexity index is 1190. The highest BCUT2D eigenvalue weighted by Crippen LogP contribution is 2.26. The van der Waals surface area contributed by atoms with Crippen LogP contribution in [0.1, 0.15) is 5.56 Å². The van der Waals surface area contributed by atoms with Crippen LogP contribution in [0.4, 0.5) is 5.69 Å². The molecule has 0 radical (unpaired) electrons. The SMILES string of the molecule is COc1ccc(C)cc1NC(=O)CSc1nc2c(=O)n(C)c(=O)n(C)c2n1C. The third kappa shape index (κ3) is 3.42. The monoisotopic (exact) mass is 403 g/mol. The second kappa shape index (κ2) is 7.55. The van der Waals surface area contributed by atoms with E-state index in [1.54, 1.807) is 31.8 Å². The fourth-order valence-corrected chi connectivity index (χ4v) is 3.69. The van der Waals surface area contributed by atoms with Crippen molar-refractivity contribution in [2.45, 2.75) is 12.1 Å². The summed E-state index contributed by atoms with van der Waals surface area (Å²) in [6.07, 6.45) is 0. The lowest BCUT2D eigenvalue weighted by Crippen LogP contribution is -2.37. The number of nitrogens with zero attached hydrogens (tertiary/aromatic N) is 4. The van der Waals surface area contributed by atoms with Crippen LogP contribution < -0.4 is 21.3 Å². The van der Waals surface area contributed by atoms with Gasteiger partial charge in [0.15, 0.2) is 16.3 Å². The molecule has 0 fully saturated rings. The van der Waals surface area contributed by atoms with Crippen LogP contribution in [0, 0.1) is 6.92 Å². The van der Waals surface area contributed by atoms with Crippen molar-refractivity contribution >= 4 is 34.5 Å². The molecule has 3 aromatic rings. The largest absolute Gasteiger partial charge is 0.495 e. The Morgan fingerprint density at radius 3 is 2.57 bits per heavy atom. The fourth-order valence-electron chi connectivity index (χ4n) is 2.92. The molecule has 2 aromatic heterocycles. The number of methoxy groups -OCH3 is 1. The van der Waals surface area contributed by atoms with E-state index in [1.807, 2.05) is 19.1 Å². The van der Waals surface area contributed by atoms with Crippen molar-refractivity contribution in [2.75, 3.05) is 18.2 Å². The van der Waals surface area contributed by atoms with Crippen molar-refractivity contribution in [1.29, 1.82) is 0 Å². The van der Waals surface area contributed by atoms with Crippen molar-refractivity contribution in [3.63, 3.8) is 0 Å². The number of nitrogens with one attached hydrogen (secondary N) is 1. The van der Waals surface area contributed by atoms with Gasteiger partial charge in [0, 0.05) is 21.1 Å².